The Morgan fingerprint density at radius 3 is 2.38 bits per heavy atom. The maximum atomic E-state index is 13.0. The highest BCUT2D eigenvalue weighted by Crippen LogP contribution is 2.19. The van der Waals surface area contributed by atoms with E-state index in [1.807, 2.05) is 0 Å². The third-order valence-corrected chi connectivity index (χ3v) is 4.98. The van der Waals surface area contributed by atoms with Crippen molar-refractivity contribution in [2.45, 2.75) is 58.7 Å². The number of Topliss-reactive ketones (excluding diaryl/α,β-unsaturated/α-hetero) is 2. The standard InChI is InChI=1S/C21H33N5O6/c1-6-8-14(17(28)19(30)23-9-7-2)24-18(29)15-11-25(10-13(5)27)21(32)26(15)20(31)16(22)12(3)4/h7,12,14-16H,2,6,8-11,22H2,1,3-5H3,(H,23,30)(H,24,29). The maximum absolute atomic E-state index is 13.0. The van der Waals surface area contributed by atoms with E-state index in [2.05, 4.69) is 17.2 Å². The molecule has 1 rings (SSSR count). The van der Waals surface area contributed by atoms with Crippen molar-refractivity contribution in [2.75, 3.05) is 19.6 Å². The first-order valence-corrected chi connectivity index (χ1v) is 10.6. The summed E-state index contributed by atoms with van der Waals surface area (Å²) in [4.78, 5) is 76.6. The molecule has 0 spiro atoms. The van der Waals surface area contributed by atoms with Gasteiger partial charge in [0.25, 0.3) is 5.91 Å². The highest BCUT2D eigenvalue weighted by molar-refractivity contribution is 6.38. The van der Waals surface area contributed by atoms with Gasteiger partial charge >= 0.3 is 6.03 Å². The Bertz CT molecular complexity index is 781. The predicted molar refractivity (Wildman–Crippen MR) is 116 cm³/mol. The van der Waals surface area contributed by atoms with E-state index in [1.54, 1.807) is 20.8 Å². The lowest BCUT2D eigenvalue weighted by atomic mass is 10.0. The number of hydrogen-bond acceptors (Lipinski definition) is 7. The van der Waals surface area contributed by atoms with Gasteiger partial charge in [0.1, 0.15) is 11.8 Å². The quantitative estimate of drug-likeness (QED) is 0.262. The number of nitrogens with one attached hydrogen (secondary N) is 2. The van der Waals surface area contributed by atoms with Crippen LogP contribution in [-0.4, -0.2) is 82.9 Å². The molecule has 32 heavy (non-hydrogen) atoms. The molecule has 3 atom stereocenters. The van der Waals surface area contributed by atoms with Gasteiger partial charge in [-0.1, -0.05) is 33.3 Å². The second-order valence-electron chi connectivity index (χ2n) is 8.07. The van der Waals surface area contributed by atoms with Gasteiger partial charge in [-0.15, -0.1) is 6.58 Å². The highest BCUT2D eigenvalue weighted by atomic mass is 16.2. The molecular formula is C21H33N5O6. The molecule has 0 aromatic heterocycles. The van der Waals surface area contributed by atoms with Crippen LogP contribution in [0.4, 0.5) is 4.79 Å². The molecule has 5 amide bonds. The summed E-state index contributed by atoms with van der Waals surface area (Å²) in [6.07, 6.45) is 2.09. The number of carbonyl (C=O) groups is 6. The van der Waals surface area contributed by atoms with Crippen molar-refractivity contribution in [2.24, 2.45) is 11.7 Å². The average Bonchev–Trinajstić information content (AvgIpc) is 3.05. The van der Waals surface area contributed by atoms with Gasteiger partial charge < -0.3 is 21.3 Å². The number of nitrogens with two attached hydrogens (primary N) is 1. The van der Waals surface area contributed by atoms with E-state index in [1.165, 1.54) is 13.0 Å². The Balaban J connectivity index is 3.14. The van der Waals surface area contributed by atoms with Crippen LogP contribution < -0.4 is 16.4 Å². The fourth-order valence-electron chi connectivity index (χ4n) is 3.18. The van der Waals surface area contributed by atoms with Gasteiger partial charge in [0.15, 0.2) is 0 Å². The molecule has 0 aromatic carbocycles. The molecule has 1 fully saturated rings. The van der Waals surface area contributed by atoms with Gasteiger partial charge in [0.05, 0.1) is 25.2 Å². The molecule has 0 bridgehead atoms. The lowest BCUT2D eigenvalue weighted by molar-refractivity contribution is -0.141. The second kappa shape index (κ2) is 12.1. The minimum absolute atomic E-state index is 0.0872. The van der Waals surface area contributed by atoms with E-state index in [-0.39, 0.29) is 37.8 Å². The average molecular weight is 452 g/mol. The molecule has 0 aromatic rings. The van der Waals surface area contributed by atoms with E-state index in [4.69, 9.17) is 5.73 Å². The lowest BCUT2D eigenvalue weighted by Gasteiger charge is -2.26. The summed E-state index contributed by atoms with van der Waals surface area (Å²) in [5, 5.41) is 4.86. The Labute approximate surface area is 187 Å². The molecule has 11 heteroatoms. The Morgan fingerprint density at radius 1 is 1.25 bits per heavy atom. The van der Waals surface area contributed by atoms with Gasteiger partial charge in [0.2, 0.25) is 17.6 Å². The van der Waals surface area contributed by atoms with Gasteiger partial charge in [-0.05, 0) is 19.3 Å². The molecule has 178 valence electrons. The molecule has 1 heterocycles. The molecule has 3 unspecified atom stereocenters. The van der Waals surface area contributed by atoms with Crippen LogP contribution >= 0.6 is 0 Å². The first-order valence-electron chi connectivity index (χ1n) is 10.6. The molecule has 0 aliphatic carbocycles. The summed E-state index contributed by atoms with van der Waals surface area (Å²) in [7, 11) is 0. The molecular weight excluding hydrogens is 418 g/mol. The Kier molecular flexibility index (Phi) is 10.2. The number of imide groups is 1. The fourth-order valence-corrected chi connectivity index (χ4v) is 3.18. The van der Waals surface area contributed by atoms with Crippen molar-refractivity contribution < 1.29 is 28.8 Å². The minimum Gasteiger partial charge on any atom is -0.346 e. The molecule has 1 aliphatic heterocycles. The van der Waals surface area contributed by atoms with Gasteiger partial charge in [0, 0.05) is 6.54 Å². The predicted octanol–water partition coefficient (Wildman–Crippen LogP) is -0.652. The number of urea groups is 1. The minimum atomic E-state index is -1.29. The Hall–Kier alpha value is -3.08. The van der Waals surface area contributed by atoms with Crippen LogP contribution in [0.15, 0.2) is 12.7 Å². The first-order chi connectivity index (χ1) is 15.0. The number of rotatable bonds is 12. The normalized spacial score (nSPS) is 17.7. The monoisotopic (exact) mass is 451 g/mol. The van der Waals surface area contributed by atoms with Crippen LogP contribution in [-0.2, 0) is 24.0 Å². The second-order valence-corrected chi connectivity index (χ2v) is 8.07. The van der Waals surface area contributed by atoms with Crippen LogP contribution in [0.1, 0.15) is 40.5 Å². The maximum Gasteiger partial charge on any atom is 0.328 e. The van der Waals surface area contributed by atoms with Crippen LogP contribution in [0.2, 0.25) is 0 Å². The van der Waals surface area contributed by atoms with Crippen LogP contribution in [0.25, 0.3) is 0 Å². The third kappa shape index (κ3) is 6.71. The summed E-state index contributed by atoms with van der Waals surface area (Å²) in [6.45, 7) is 9.50. The van der Waals surface area contributed by atoms with Crippen molar-refractivity contribution in [1.82, 2.24) is 20.4 Å². The molecule has 1 aliphatic rings. The Morgan fingerprint density at radius 2 is 1.88 bits per heavy atom. The summed E-state index contributed by atoms with van der Waals surface area (Å²) in [5.74, 6) is -3.88. The van der Waals surface area contributed by atoms with E-state index < -0.39 is 47.7 Å². The lowest BCUT2D eigenvalue weighted by Crippen LogP contribution is -2.57. The number of ketones is 2. The zero-order valence-corrected chi connectivity index (χ0v) is 19.1. The van der Waals surface area contributed by atoms with E-state index in [0.29, 0.717) is 6.42 Å². The number of amides is 5. The SMILES string of the molecule is C=CCNC(=O)C(=O)C(CCC)NC(=O)C1CN(CC(C)=O)C(=O)N1C(=O)C(N)C(C)C. The summed E-state index contributed by atoms with van der Waals surface area (Å²) < 4.78 is 0. The third-order valence-electron chi connectivity index (χ3n) is 4.98. The van der Waals surface area contributed by atoms with E-state index in [9.17, 15) is 28.8 Å². The van der Waals surface area contributed by atoms with Crippen LogP contribution in [0.5, 0.6) is 0 Å². The molecule has 0 saturated carbocycles. The van der Waals surface area contributed by atoms with Gasteiger partial charge in [-0.2, -0.15) is 0 Å². The molecule has 4 N–H and O–H groups in total. The van der Waals surface area contributed by atoms with Gasteiger partial charge in [-0.25, -0.2) is 9.69 Å². The van der Waals surface area contributed by atoms with E-state index in [0.717, 1.165) is 9.80 Å². The van der Waals surface area contributed by atoms with Crippen LogP contribution in [0.3, 0.4) is 0 Å². The fraction of sp³-hybridized carbons (Fsp3) is 0.619. The largest absolute Gasteiger partial charge is 0.346 e. The van der Waals surface area contributed by atoms with Crippen molar-refractivity contribution in [3.63, 3.8) is 0 Å². The summed E-state index contributed by atoms with van der Waals surface area (Å²) in [5.41, 5.74) is 5.92. The number of carbonyl (C=O) groups excluding carboxylic acids is 6. The topological polar surface area (TPSA) is 159 Å². The first kappa shape index (κ1) is 27.0. The summed E-state index contributed by atoms with van der Waals surface area (Å²) >= 11 is 0. The number of hydrogen-bond donors (Lipinski definition) is 3. The van der Waals surface area contributed by atoms with E-state index >= 15 is 0 Å². The summed E-state index contributed by atoms with van der Waals surface area (Å²) in [6, 6.07) is -4.26. The van der Waals surface area contributed by atoms with Gasteiger partial charge in [-0.3, -0.25) is 24.0 Å². The number of nitrogens with zero attached hydrogens (tertiary/aromatic N) is 2. The van der Waals surface area contributed by atoms with Crippen molar-refractivity contribution >= 4 is 35.3 Å². The van der Waals surface area contributed by atoms with Crippen molar-refractivity contribution in [3.8, 4) is 0 Å². The zero-order valence-electron chi connectivity index (χ0n) is 19.1. The smallest absolute Gasteiger partial charge is 0.328 e. The van der Waals surface area contributed by atoms with Crippen molar-refractivity contribution in [3.05, 3.63) is 12.7 Å². The molecule has 11 nitrogen and oxygen atoms in total. The van der Waals surface area contributed by atoms with Crippen molar-refractivity contribution in [1.29, 1.82) is 0 Å². The zero-order chi connectivity index (χ0) is 24.6. The molecule has 1 saturated heterocycles. The van der Waals surface area contributed by atoms with Crippen LogP contribution in [0, 0.1) is 5.92 Å². The highest BCUT2D eigenvalue weighted by Gasteiger charge is 2.47. The molecule has 0 radical (unpaired) electrons.